The highest BCUT2D eigenvalue weighted by molar-refractivity contribution is 5.66. The third-order valence-corrected chi connectivity index (χ3v) is 5.35. The van der Waals surface area contributed by atoms with E-state index < -0.39 is 30.3 Å². The maximum Gasteiger partial charge on any atom is 0.305 e. The number of hydrogen-bond acceptors (Lipinski definition) is 7. The summed E-state index contributed by atoms with van der Waals surface area (Å²) in [5.41, 5.74) is 0. The van der Waals surface area contributed by atoms with Crippen molar-refractivity contribution in [1.29, 1.82) is 0 Å². The van der Waals surface area contributed by atoms with Crippen LogP contribution in [0.3, 0.4) is 0 Å². The average molecular weight is 358 g/mol. The van der Waals surface area contributed by atoms with Gasteiger partial charge in [0.15, 0.2) is 5.79 Å². The van der Waals surface area contributed by atoms with Crippen LogP contribution < -0.4 is 0 Å². The van der Waals surface area contributed by atoms with Gasteiger partial charge >= 0.3 is 11.9 Å². The molecule has 2 aliphatic rings. The molecule has 25 heavy (non-hydrogen) atoms. The van der Waals surface area contributed by atoms with E-state index in [1.165, 1.54) is 13.8 Å². The van der Waals surface area contributed by atoms with E-state index in [1.807, 2.05) is 20.8 Å². The van der Waals surface area contributed by atoms with Gasteiger partial charge in [0.2, 0.25) is 6.29 Å². The van der Waals surface area contributed by atoms with Gasteiger partial charge in [0.25, 0.3) is 0 Å². The van der Waals surface area contributed by atoms with E-state index in [2.05, 4.69) is 6.92 Å². The van der Waals surface area contributed by atoms with Crippen LogP contribution in [0, 0.1) is 11.8 Å². The van der Waals surface area contributed by atoms with Gasteiger partial charge in [-0.3, -0.25) is 9.59 Å². The maximum atomic E-state index is 11.6. The van der Waals surface area contributed by atoms with E-state index in [-0.39, 0.29) is 30.5 Å². The molecule has 0 saturated carbocycles. The number of esters is 2. The van der Waals surface area contributed by atoms with Gasteiger partial charge in [-0.05, 0) is 24.7 Å². The molecule has 2 rings (SSSR count). The second kappa shape index (κ2) is 8.01. The molecule has 0 aromatic carbocycles. The van der Waals surface area contributed by atoms with Crippen molar-refractivity contribution in [3.05, 3.63) is 0 Å². The Morgan fingerprint density at radius 3 is 2.08 bits per heavy atom. The van der Waals surface area contributed by atoms with E-state index >= 15 is 0 Å². The Labute approximate surface area is 149 Å². The number of rotatable bonds is 5. The summed E-state index contributed by atoms with van der Waals surface area (Å²) in [5, 5.41) is 0. The molecule has 0 aromatic rings. The van der Waals surface area contributed by atoms with Gasteiger partial charge in [-0.2, -0.15) is 0 Å². The molecule has 0 spiro atoms. The van der Waals surface area contributed by atoms with Crippen molar-refractivity contribution in [3.8, 4) is 0 Å². The molecule has 0 N–H and O–H groups in total. The van der Waals surface area contributed by atoms with Crippen molar-refractivity contribution in [2.45, 2.75) is 84.8 Å². The molecule has 7 heteroatoms. The van der Waals surface area contributed by atoms with E-state index in [1.54, 1.807) is 0 Å². The van der Waals surface area contributed by atoms with Gasteiger partial charge in [-0.15, -0.1) is 0 Å². The zero-order valence-corrected chi connectivity index (χ0v) is 15.9. The molecule has 0 amide bonds. The summed E-state index contributed by atoms with van der Waals surface area (Å²) < 4.78 is 29.1. The first-order valence-corrected chi connectivity index (χ1v) is 9.04. The minimum atomic E-state index is -0.893. The Kier molecular flexibility index (Phi) is 6.45. The molecular formula is C18H30O7. The van der Waals surface area contributed by atoms with Crippen LogP contribution >= 0.6 is 0 Å². The molecule has 0 aliphatic carbocycles. The average Bonchev–Trinajstić information content (AvgIpc) is 2.93. The Hall–Kier alpha value is -1.18. The number of carbonyl (C=O) groups excluding carboxylic acids is 2. The van der Waals surface area contributed by atoms with Crippen molar-refractivity contribution < 1.29 is 33.3 Å². The van der Waals surface area contributed by atoms with Crippen molar-refractivity contribution in [1.82, 2.24) is 0 Å². The van der Waals surface area contributed by atoms with Crippen LogP contribution in [0.1, 0.15) is 54.4 Å². The first-order valence-electron chi connectivity index (χ1n) is 9.04. The molecule has 0 aromatic heterocycles. The topological polar surface area (TPSA) is 80.3 Å². The first-order chi connectivity index (χ1) is 11.7. The van der Waals surface area contributed by atoms with Crippen LogP contribution in [0.5, 0.6) is 0 Å². The fourth-order valence-corrected chi connectivity index (χ4v) is 3.52. The largest absolute Gasteiger partial charge is 0.463 e. The molecule has 0 bridgehead atoms. The second-order valence-electron chi connectivity index (χ2n) is 6.96. The molecule has 1 unspecified atom stereocenters. The molecule has 7 nitrogen and oxygen atoms in total. The quantitative estimate of drug-likeness (QED) is 0.698. The fraction of sp³-hybridized carbons (Fsp3) is 0.889. The van der Waals surface area contributed by atoms with E-state index in [0.717, 1.165) is 0 Å². The Bertz CT molecular complexity index is 488. The number of ether oxygens (including phenoxy) is 5. The van der Waals surface area contributed by atoms with Crippen LogP contribution in [0.25, 0.3) is 0 Å². The van der Waals surface area contributed by atoms with E-state index in [0.29, 0.717) is 12.8 Å². The molecule has 144 valence electrons. The summed E-state index contributed by atoms with van der Waals surface area (Å²) in [6.45, 7) is 10.9. The second-order valence-corrected chi connectivity index (χ2v) is 6.96. The van der Waals surface area contributed by atoms with Crippen molar-refractivity contribution in [2.24, 2.45) is 11.8 Å². The Morgan fingerprint density at radius 2 is 1.56 bits per heavy atom. The van der Waals surface area contributed by atoms with Gasteiger partial charge in [-0.1, -0.05) is 27.7 Å². The van der Waals surface area contributed by atoms with Crippen molar-refractivity contribution >= 4 is 11.9 Å². The van der Waals surface area contributed by atoms with Gasteiger partial charge in [0.05, 0.1) is 12.2 Å². The molecule has 2 heterocycles. The highest BCUT2D eigenvalue weighted by atomic mass is 16.8. The summed E-state index contributed by atoms with van der Waals surface area (Å²) in [4.78, 5) is 22.7. The minimum Gasteiger partial charge on any atom is -0.463 e. The molecule has 2 saturated heterocycles. The third kappa shape index (κ3) is 4.33. The third-order valence-electron chi connectivity index (χ3n) is 5.35. The zero-order chi connectivity index (χ0) is 18.8. The van der Waals surface area contributed by atoms with Gasteiger partial charge in [0, 0.05) is 13.8 Å². The van der Waals surface area contributed by atoms with Gasteiger partial charge in [-0.25, -0.2) is 0 Å². The number of carbonyl (C=O) groups is 2. The van der Waals surface area contributed by atoms with Crippen LogP contribution in [0.15, 0.2) is 0 Å². The van der Waals surface area contributed by atoms with Gasteiger partial charge in [0.1, 0.15) is 12.7 Å². The maximum absolute atomic E-state index is 11.6. The predicted molar refractivity (Wildman–Crippen MR) is 88.4 cm³/mol. The predicted octanol–water partition coefficient (Wildman–Crippen LogP) is 2.41. The molecule has 0 radical (unpaired) electrons. The monoisotopic (exact) mass is 358 g/mol. The number of fused-ring (bicyclic) bond motifs is 1. The Balaban J connectivity index is 2.27. The molecule has 2 fully saturated rings. The summed E-state index contributed by atoms with van der Waals surface area (Å²) in [6.07, 6.45) is -0.679. The van der Waals surface area contributed by atoms with Crippen molar-refractivity contribution in [3.63, 3.8) is 0 Å². The standard InChI is InChI=1S/C18H30O7/c1-7-18(8-2)24-15-11(4)10(3)14(9-21-12(5)19)23-17(16(15)25-18)22-13(6)20/h10-11,14-17H,7-9H2,1-6H3/t10-,11-,14+,15+,16+,17?/m0/s1. The summed E-state index contributed by atoms with van der Waals surface area (Å²) in [7, 11) is 0. The fourth-order valence-electron chi connectivity index (χ4n) is 3.52. The Morgan fingerprint density at radius 1 is 0.960 bits per heavy atom. The SMILES string of the molecule is CCC1(CC)O[C@@H]2[C@@H](C)[C@H](C)[C@@H](COC(C)=O)OC(OC(C)=O)[C@@H]2O1. The summed E-state index contributed by atoms with van der Waals surface area (Å²) >= 11 is 0. The lowest BCUT2D eigenvalue weighted by atomic mass is 9.85. The van der Waals surface area contributed by atoms with Crippen LogP contribution in [-0.4, -0.2) is 48.9 Å². The minimum absolute atomic E-state index is 0.0283. The normalized spacial score (nSPS) is 37.0. The van der Waals surface area contributed by atoms with E-state index in [4.69, 9.17) is 23.7 Å². The van der Waals surface area contributed by atoms with Crippen molar-refractivity contribution in [2.75, 3.05) is 6.61 Å². The van der Waals surface area contributed by atoms with E-state index in [9.17, 15) is 9.59 Å². The molecular weight excluding hydrogens is 328 g/mol. The highest BCUT2D eigenvalue weighted by Gasteiger charge is 2.55. The van der Waals surface area contributed by atoms with Crippen LogP contribution in [-0.2, 0) is 33.3 Å². The van der Waals surface area contributed by atoms with Crippen LogP contribution in [0.2, 0.25) is 0 Å². The lowest BCUT2D eigenvalue weighted by molar-refractivity contribution is -0.247. The van der Waals surface area contributed by atoms with Gasteiger partial charge < -0.3 is 23.7 Å². The summed E-state index contributed by atoms with van der Waals surface area (Å²) in [5.74, 6) is -1.41. The van der Waals surface area contributed by atoms with Crippen LogP contribution in [0.4, 0.5) is 0 Å². The molecule has 2 aliphatic heterocycles. The first kappa shape index (κ1) is 20.1. The highest BCUT2D eigenvalue weighted by Crippen LogP contribution is 2.44. The molecule has 6 atom stereocenters. The smallest absolute Gasteiger partial charge is 0.305 e. The zero-order valence-electron chi connectivity index (χ0n) is 15.9. The summed E-state index contributed by atoms with van der Waals surface area (Å²) in [6, 6.07) is 0. The lowest BCUT2D eigenvalue weighted by Gasteiger charge is -2.31. The lowest BCUT2D eigenvalue weighted by Crippen LogP contribution is -2.41. The number of hydrogen-bond donors (Lipinski definition) is 0.